The Labute approximate surface area is 121 Å². The molecule has 0 radical (unpaired) electrons. The average Bonchev–Trinajstić information content (AvgIpc) is 2.83. The van der Waals surface area contributed by atoms with E-state index < -0.39 is 6.10 Å². The van der Waals surface area contributed by atoms with Crippen molar-refractivity contribution in [1.29, 1.82) is 0 Å². The number of aliphatic hydroxyl groups is 1. The molecular weight excluding hydrogens is 312 g/mol. The Hall–Kier alpha value is -0.780. The van der Waals surface area contributed by atoms with Crippen LogP contribution >= 0.6 is 15.9 Å². The molecule has 0 amide bonds. The summed E-state index contributed by atoms with van der Waals surface area (Å²) in [5, 5.41) is 10.5. The summed E-state index contributed by atoms with van der Waals surface area (Å²) in [5.41, 5.74) is 0.761. The van der Waals surface area contributed by atoms with Crippen LogP contribution in [0.2, 0.25) is 0 Å². The van der Waals surface area contributed by atoms with Crippen molar-refractivity contribution in [2.24, 2.45) is 5.92 Å². The number of hydrogen-bond donors (Lipinski definition) is 1. The molecule has 1 N–H and O–H groups in total. The topological polar surface area (TPSA) is 47.9 Å². The minimum Gasteiger partial charge on any atom is -0.493 e. The summed E-state index contributed by atoms with van der Waals surface area (Å²) in [6.45, 7) is 2.79. The summed E-state index contributed by atoms with van der Waals surface area (Å²) >= 11 is 3.47. The SMILES string of the molecule is COc1cc(Br)c(C(O)C2OCCC2C)cc1OC. The second kappa shape index (κ2) is 6.11. The number of benzene rings is 1. The summed E-state index contributed by atoms with van der Waals surface area (Å²) in [7, 11) is 3.17. The zero-order chi connectivity index (χ0) is 14.0. The van der Waals surface area contributed by atoms with Gasteiger partial charge in [0.25, 0.3) is 0 Å². The zero-order valence-electron chi connectivity index (χ0n) is 11.4. The molecule has 3 atom stereocenters. The summed E-state index contributed by atoms with van der Waals surface area (Å²) < 4.78 is 16.9. The van der Waals surface area contributed by atoms with Crippen LogP contribution in [0.3, 0.4) is 0 Å². The highest BCUT2D eigenvalue weighted by atomic mass is 79.9. The summed E-state index contributed by atoms with van der Waals surface area (Å²) in [5.74, 6) is 1.58. The zero-order valence-corrected chi connectivity index (χ0v) is 12.9. The largest absolute Gasteiger partial charge is 0.493 e. The van der Waals surface area contributed by atoms with Crippen molar-refractivity contribution in [1.82, 2.24) is 0 Å². The van der Waals surface area contributed by atoms with Crippen molar-refractivity contribution in [3.8, 4) is 11.5 Å². The molecule has 1 saturated heterocycles. The van der Waals surface area contributed by atoms with Crippen LogP contribution in [-0.4, -0.2) is 32.0 Å². The fourth-order valence-electron chi connectivity index (χ4n) is 2.39. The van der Waals surface area contributed by atoms with Gasteiger partial charge < -0.3 is 19.3 Å². The lowest BCUT2D eigenvalue weighted by molar-refractivity contribution is -0.0182. The highest BCUT2D eigenvalue weighted by Crippen LogP contribution is 2.39. The monoisotopic (exact) mass is 330 g/mol. The number of halogens is 1. The van der Waals surface area contributed by atoms with E-state index in [0.29, 0.717) is 24.0 Å². The third-order valence-electron chi connectivity index (χ3n) is 3.58. The Bertz CT molecular complexity index is 449. The van der Waals surface area contributed by atoms with Gasteiger partial charge in [-0.05, 0) is 24.5 Å². The predicted molar refractivity (Wildman–Crippen MR) is 75.7 cm³/mol. The van der Waals surface area contributed by atoms with Crippen molar-refractivity contribution in [3.05, 3.63) is 22.2 Å². The molecule has 1 fully saturated rings. The molecule has 4 nitrogen and oxygen atoms in total. The third-order valence-corrected chi connectivity index (χ3v) is 4.26. The first-order valence-electron chi connectivity index (χ1n) is 6.29. The van der Waals surface area contributed by atoms with E-state index in [1.807, 2.05) is 0 Å². The Kier molecular flexibility index (Phi) is 4.71. The number of ether oxygens (including phenoxy) is 3. The maximum Gasteiger partial charge on any atom is 0.161 e. The van der Waals surface area contributed by atoms with Crippen LogP contribution in [0.15, 0.2) is 16.6 Å². The molecule has 1 aromatic carbocycles. The van der Waals surface area contributed by atoms with Gasteiger partial charge in [-0.2, -0.15) is 0 Å². The van der Waals surface area contributed by atoms with E-state index in [0.717, 1.165) is 16.5 Å². The van der Waals surface area contributed by atoms with Crippen LogP contribution in [0.25, 0.3) is 0 Å². The van der Waals surface area contributed by atoms with E-state index in [2.05, 4.69) is 22.9 Å². The lowest BCUT2D eigenvalue weighted by atomic mass is 9.94. The van der Waals surface area contributed by atoms with E-state index in [9.17, 15) is 5.11 Å². The fourth-order valence-corrected chi connectivity index (χ4v) is 2.95. The minimum atomic E-state index is -0.674. The fraction of sp³-hybridized carbons (Fsp3) is 0.571. The third kappa shape index (κ3) is 2.88. The molecule has 3 unspecified atom stereocenters. The number of rotatable bonds is 4. The average molecular weight is 331 g/mol. The van der Waals surface area contributed by atoms with Crippen LogP contribution in [-0.2, 0) is 4.74 Å². The Morgan fingerprint density at radius 2 is 1.95 bits per heavy atom. The van der Waals surface area contributed by atoms with Gasteiger partial charge in [-0.1, -0.05) is 22.9 Å². The van der Waals surface area contributed by atoms with Gasteiger partial charge in [-0.3, -0.25) is 0 Å². The van der Waals surface area contributed by atoms with Gasteiger partial charge >= 0.3 is 0 Å². The molecule has 5 heteroatoms. The number of aliphatic hydroxyl groups excluding tert-OH is 1. The molecule has 0 spiro atoms. The Balaban J connectivity index is 2.33. The van der Waals surface area contributed by atoms with Crippen LogP contribution in [0, 0.1) is 5.92 Å². The lowest BCUT2D eigenvalue weighted by Gasteiger charge is -2.23. The van der Waals surface area contributed by atoms with Gasteiger partial charge in [0.15, 0.2) is 11.5 Å². The number of hydrogen-bond acceptors (Lipinski definition) is 4. The van der Waals surface area contributed by atoms with E-state index in [4.69, 9.17) is 14.2 Å². The lowest BCUT2D eigenvalue weighted by Crippen LogP contribution is -2.23. The van der Waals surface area contributed by atoms with E-state index in [1.165, 1.54) is 0 Å². The van der Waals surface area contributed by atoms with Gasteiger partial charge in [-0.15, -0.1) is 0 Å². The molecule has 1 aromatic rings. The summed E-state index contributed by atoms with van der Waals surface area (Å²) in [6.07, 6.45) is 0.133. The molecule has 0 aliphatic carbocycles. The minimum absolute atomic E-state index is 0.172. The first-order valence-corrected chi connectivity index (χ1v) is 7.08. The summed E-state index contributed by atoms with van der Waals surface area (Å²) in [4.78, 5) is 0. The van der Waals surface area contributed by atoms with Crippen molar-refractivity contribution in [2.45, 2.75) is 25.6 Å². The molecule has 1 aliphatic rings. The molecule has 19 heavy (non-hydrogen) atoms. The van der Waals surface area contributed by atoms with Gasteiger partial charge in [-0.25, -0.2) is 0 Å². The summed E-state index contributed by atoms with van der Waals surface area (Å²) in [6, 6.07) is 3.60. The Morgan fingerprint density at radius 3 is 2.47 bits per heavy atom. The van der Waals surface area contributed by atoms with Crippen molar-refractivity contribution < 1.29 is 19.3 Å². The first-order chi connectivity index (χ1) is 9.08. The van der Waals surface area contributed by atoms with Gasteiger partial charge in [0, 0.05) is 16.6 Å². The molecule has 106 valence electrons. The van der Waals surface area contributed by atoms with Gasteiger partial charge in [0.05, 0.1) is 20.3 Å². The maximum atomic E-state index is 10.5. The van der Waals surface area contributed by atoms with E-state index in [-0.39, 0.29) is 6.10 Å². The van der Waals surface area contributed by atoms with Crippen molar-refractivity contribution >= 4 is 15.9 Å². The molecule has 0 saturated carbocycles. The quantitative estimate of drug-likeness (QED) is 0.922. The van der Waals surface area contributed by atoms with Crippen LogP contribution in [0.4, 0.5) is 0 Å². The first kappa shape index (κ1) is 14.6. The molecule has 1 heterocycles. The van der Waals surface area contributed by atoms with Gasteiger partial charge in [0.2, 0.25) is 0 Å². The van der Waals surface area contributed by atoms with Crippen LogP contribution in [0.1, 0.15) is 25.0 Å². The second-order valence-electron chi connectivity index (χ2n) is 4.77. The van der Waals surface area contributed by atoms with Crippen molar-refractivity contribution in [3.63, 3.8) is 0 Å². The molecule has 2 rings (SSSR count). The van der Waals surface area contributed by atoms with Gasteiger partial charge in [0.1, 0.15) is 6.10 Å². The smallest absolute Gasteiger partial charge is 0.161 e. The molecular formula is C14H19BrO4. The maximum absolute atomic E-state index is 10.5. The van der Waals surface area contributed by atoms with E-state index >= 15 is 0 Å². The normalized spacial score (nSPS) is 24.3. The van der Waals surface area contributed by atoms with Crippen LogP contribution in [0.5, 0.6) is 11.5 Å². The van der Waals surface area contributed by atoms with Crippen LogP contribution < -0.4 is 9.47 Å². The van der Waals surface area contributed by atoms with E-state index in [1.54, 1.807) is 26.4 Å². The highest BCUT2D eigenvalue weighted by molar-refractivity contribution is 9.10. The number of methoxy groups -OCH3 is 2. The molecule has 0 bridgehead atoms. The molecule has 0 aromatic heterocycles. The standard InChI is InChI=1S/C14H19BrO4/c1-8-4-5-19-14(8)13(16)9-6-11(17-2)12(18-3)7-10(9)15/h6-8,13-14,16H,4-5H2,1-3H3. The Morgan fingerprint density at radius 1 is 1.32 bits per heavy atom. The molecule has 1 aliphatic heterocycles. The predicted octanol–water partition coefficient (Wildman–Crippen LogP) is 2.92. The second-order valence-corrected chi connectivity index (χ2v) is 5.63. The van der Waals surface area contributed by atoms with Crippen molar-refractivity contribution in [2.75, 3.05) is 20.8 Å². The highest BCUT2D eigenvalue weighted by Gasteiger charge is 2.33.